The van der Waals surface area contributed by atoms with E-state index in [1.165, 1.54) is 12.8 Å². The van der Waals surface area contributed by atoms with Crippen LogP contribution in [0.1, 0.15) is 39.5 Å². The lowest BCUT2D eigenvalue weighted by atomic mass is 9.77. The van der Waals surface area contributed by atoms with Gasteiger partial charge in [-0.15, -0.1) is 0 Å². The molecule has 70 valence electrons. The van der Waals surface area contributed by atoms with E-state index in [-0.39, 0.29) is 11.5 Å². The predicted molar refractivity (Wildman–Crippen MR) is 48.1 cm³/mol. The van der Waals surface area contributed by atoms with Crippen LogP contribution in [-0.2, 0) is 9.53 Å². The van der Waals surface area contributed by atoms with Crippen LogP contribution in [0, 0.1) is 5.41 Å². The van der Waals surface area contributed by atoms with Gasteiger partial charge in [0, 0.05) is 7.11 Å². The summed E-state index contributed by atoms with van der Waals surface area (Å²) in [6, 6.07) is 0. The highest BCUT2D eigenvalue weighted by Crippen LogP contribution is 2.42. The number of ketones is 1. The number of carbonyl (C=O) groups is 1. The lowest BCUT2D eigenvalue weighted by Crippen LogP contribution is -2.38. The molecule has 1 unspecified atom stereocenters. The van der Waals surface area contributed by atoms with Gasteiger partial charge in [0.25, 0.3) is 0 Å². The fourth-order valence-corrected chi connectivity index (χ4v) is 2.28. The Hall–Kier alpha value is -0.370. The van der Waals surface area contributed by atoms with E-state index in [4.69, 9.17) is 4.74 Å². The van der Waals surface area contributed by atoms with Crippen molar-refractivity contribution in [3.63, 3.8) is 0 Å². The van der Waals surface area contributed by atoms with Gasteiger partial charge in [0.15, 0.2) is 0 Å². The predicted octanol–water partition coefficient (Wildman–Crippen LogP) is 2.17. The molecule has 1 saturated carbocycles. The molecule has 1 atom stereocenters. The Morgan fingerprint density at radius 3 is 2.25 bits per heavy atom. The Kier molecular flexibility index (Phi) is 2.89. The van der Waals surface area contributed by atoms with Crippen molar-refractivity contribution in [2.24, 2.45) is 5.41 Å². The van der Waals surface area contributed by atoms with Crippen LogP contribution in [0.3, 0.4) is 0 Å². The van der Waals surface area contributed by atoms with E-state index in [0.29, 0.717) is 5.78 Å². The number of Topliss-reactive ketones (excluding diaryl/α,β-unsaturated/α-hetero) is 1. The van der Waals surface area contributed by atoms with Crippen LogP contribution < -0.4 is 0 Å². The van der Waals surface area contributed by atoms with Gasteiger partial charge in [-0.05, 0) is 26.7 Å². The Morgan fingerprint density at radius 1 is 1.42 bits per heavy atom. The molecule has 1 rings (SSSR count). The van der Waals surface area contributed by atoms with Gasteiger partial charge in [0.2, 0.25) is 0 Å². The van der Waals surface area contributed by atoms with Crippen LogP contribution >= 0.6 is 0 Å². The maximum Gasteiger partial charge on any atom is 0.138 e. The molecule has 0 spiro atoms. The molecule has 0 aromatic rings. The average molecular weight is 170 g/mol. The zero-order chi connectivity index (χ0) is 9.19. The van der Waals surface area contributed by atoms with Crippen LogP contribution in [0.2, 0.25) is 0 Å². The fourth-order valence-electron chi connectivity index (χ4n) is 2.28. The standard InChI is InChI=1S/C10H18O2/c1-8(11)10(9(2)12-3)6-4-5-7-10/h9H,4-7H2,1-3H3. The first kappa shape index (κ1) is 9.72. The molecule has 0 saturated heterocycles. The summed E-state index contributed by atoms with van der Waals surface area (Å²) in [6.07, 6.45) is 4.45. The summed E-state index contributed by atoms with van der Waals surface area (Å²) in [5, 5.41) is 0. The van der Waals surface area contributed by atoms with E-state index < -0.39 is 0 Å². The molecule has 1 aliphatic rings. The summed E-state index contributed by atoms with van der Waals surface area (Å²) in [5.41, 5.74) is -0.158. The first-order valence-electron chi connectivity index (χ1n) is 4.67. The zero-order valence-corrected chi connectivity index (χ0v) is 8.22. The van der Waals surface area contributed by atoms with Gasteiger partial charge in [-0.1, -0.05) is 12.8 Å². The Morgan fingerprint density at radius 2 is 1.92 bits per heavy atom. The molecule has 0 bridgehead atoms. The Balaban J connectivity index is 2.78. The molecule has 0 radical (unpaired) electrons. The summed E-state index contributed by atoms with van der Waals surface area (Å²) in [5.74, 6) is 0.300. The number of ether oxygens (including phenoxy) is 1. The summed E-state index contributed by atoms with van der Waals surface area (Å²) >= 11 is 0. The van der Waals surface area contributed by atoms with Crippen molar-refractivity contribution in [2.45, 2.75) is 45.6 Å². The molecule has 0 aromatic carbocycles. The van der Waals surface area contributed by atoms with E-state index in [1.54, 1.807) is 14.0 Å². The van der Waals surface area contributed by atoms with E-state index in [2.05, 4.69) is 0 Å². The van der Waals surface area contributed by atoms with Crippen molar-refractivity contribution in [1.82, 2.24) is 0 Å². The van der Waals surface area contributed by atoms with Gasteiger partial charge in [0.1, 0.15) is 5.78 Å². The molecule has 2 nitrogen and oxygen atoms in total. The maximum atomic E-state index is 11.5. The largest absolute Gasteiger partial charge is 0.381 e. The van der Waals surface area contributed by atoms with Crippen LogP contribution in [0.15, 0.2) is 0 Å². The summed E-state index contributed by atoms with van der Waals surface area (Å²) in [7, 11) is 1.69. The van der Waals surface area contributed by atoms with Crippen LogP contribution in [0.25, 0.3) is 0 Å². The van der Waals surface area contributed by atoms with Crippen molar-refractivity contribution in [3.05, 3.63) is 0 Å². The highest BCUT2D eigenvalue weighted by Gasteiger charge is 2.43. The molecule has 1 aliphatic carbocycles. The minimum atomic E-state index is -0.158. The van der Waals surface area contributed by atoms with Gasteiger partial charge < -0.3 is 4.74 Å². The third kappa shape index (κ3) is 1.40. The topological polar surface area (TPSA) is 26.3 Å². The zero-order valence-electron chi connectivity index (χ0n) is 8.22. The van der Waals surface area contributed by atoms with Gasteiger partial charge in [-0.25, -0.2) is 0 Å². The monoisotopic (exact) mass is 170 g/mol. The van der Waals surface area contributed by atoms with E-state index in [9.17, 15) is 4.79 Å². The SMILES string of the molecule is COC(C)C1(C(C)=O)CCCC1. The maximum absolute atomic E-state index is 11.5. The second-order valence-corrected chi connectivity index (χ2v) is 3.80. The quantitative estimate of drug-likeness (QED) is 0.649. The van der Waals surface area contributed by atoms with Crippen molar-refractivity contribution < 1.29 is 9.53 Å². The van der Waals surface area contributed by atoms with E-state index >= 15 is 0 Å². The second-order valence-electron chi connectivity index (χ2n) is 3.80. The number of hydrogen-bond acceptors (Lipinski definition) is 2. The lowest BCUT2D eigenvalue weighted by molar-refractivity contribution is -0.133. The van der Waals surface area contributed by atoms with Gasteiger partial charge in [-0.2, -0.15) is 0 Å². The highest BCUT2D eigenvalue weighted by molar-refractivity contribution is 5.83. The molecule has 0 aliphatic heterocycles. The van der Waals surface area contributed by atoms with Gasteiger partial charge in [0.05, 0.1) is 11.5 Å². The van der Waals surface area contributed by atoms with Crippen molar-refractivity contribution in [3.8, 4) is 0 Å². The third-order valence-electron chi connectivity index (χ3n) is 3.33. The lowest BCUT2D eigenvalue weighted by Gasteiger charge is -2.31. The minimum Gasteiger partial charge on any atom is -0.381 e. The highest BCUT2D eigenvalue weighted by atomic mass is 16.5. The van der Waals surface area contributed by atoms with Gasteiger partial charge >= 0.3 is 0 Å². The number of carbonyl (C=O) groups excluding carboxylic acids is 1. The first-order chi connectivity index (χ1) is 5.63. The molecule has 0 N–H and O–H groups in total. The normalized spacial score (nSPS) is 23.9. The van der Waals surface area contributed by atoms with E-state index in [1.807, 2.05) is 6.92 Å². The van der Waals surface area contributed by atoms with Crippen molar-refractivity contribution in [1.29, 1.82) is 0 Å². The second kappa shape index (κ2) is 3.56. The summed E-state index contributed by atoms with van der Waals surface area (Å²) in [4.78, 5) is 11.5. The fraction of sp³-hybridized carbons (Fsp3) is 0.900. The molecular weight excluding hydrogens is 152 g/mol. The van der Waals surface area contributed by atoms with Gasteiger partial charge in [-0.3, -0.25) is 4.79 Å². The molecule has 12 heavy (non-hydrogen) atoms. The summed E-state index contributed by atoms with van der Waals surface area (Å²) < 4.78 is 5.28. The molecule has 0 aromatic heterocycles. The minimum absolute atomic E-state index is 0.0810. The average Bonchev–Trinajstić information content (AvgIpc) is 2.52. The van der Waals surface area contributed by atoms with Crippen LogP contribution in [0.5, 0.6) is 0 Å². The molecule has 2 heteroatoms. The molecule has 0 amide bonds. The van der Waals surface area contributed by atoms with Crippen molar-refractivity contribution >= 4 is 5.78 Å². The van der Waals surface area contributed by atoms with Crippen molar-refractivity contribution in [2.75, 3.05) is 7.11 Å². The number of methoxy groups -OCH3 is 1. The smallest absolute Gasteiger partial charge is 0.138 e. The summed E-state index contributed by atoms with van der Waals surface area (Å²) in [6.45, 7) is 3.70. The number of hydrogen-bond donors (Lipinski definition) is 0. The third-order valence-corrected chi connectivity index (χ3v) is 3.33. The Labute approximate surface area is 74.3 Å². The molecule has 0 heterocycles. The van der Waals surface area contributed by atoms with E-state index in [0.717, 1.165) is 12.8 Å². The molecule has 1 fully saturated rings. The molecular formula is C10H18O2. The van der Waals surface area contributed by atoms with Crippen LogP contribution in [0.4, 0.5) is 0 Å². The number of rotatable bonds is 3. The first-order valence-corrected chi connectivity index (χ1v) is 4.67. The van der Waals surface area contributed by atoms with Crippen LogP contribution in [-0.4, -0.2) is 19.0 Å². The Bertz CT molecular complexity index is 169.